The number of hydrogen-bond donors (Lipinski definition) is 2. The highest BCUT2D eigenvalue weighted by Gasteiger charge is 2.17. The Bertz CT molecular complexity index is 441. The molecule has 1 aromatic carbocycles. The fourth-order valence-corrected chi connectivity index (χ4v) is 2.20. The van der Waals surface area contributed by atoms with Gasteiger partial charge in [-0.2, -0.15) is 0 Å². The van der Waals surface area contributed by atoms with Crippen molar-refractivity contribution in [1.82, 2.24) is 5.32 Å². The Hall–Kier alpha value is -1.75. The van der Waals surface area contributed by atoms with Crippen molar-refractivity contribution >= 4 is 5.91 Å². The number of phenols is 1. The van der Waals surface area contributed by atoms with Gasteiger partial charge in [0, 0.05) is 24.8 Å². The van der Waals surface area contributed by atoms with Gasteiger partial charge in [0.1, 0.15) is 11.5 Å². The molecule has 0 radical (unpaired) electrons. The van der Waals surface area contributed by atoms with Crippen LogP contribution in [0.3, 0.4) is 0 Å². The number of amides is 1. The van der Waals surface area contributed by atoms with Gasteiger partial charge in [0.05, 0.1) is 13.5 Å². The van der Waals surface area contributed by atoms with Crippen molar-refractivity contribution in [2.45, 2.75) is 25.3 Å². The molecule has 1 aromatic rings. The summed E-state index contributed by atoms with van der Waals surface area (Å²) < 4.78 is 10.4. The van der Waals surface area contributed by atoms with Crippen LogP contribution < -0.4 is 10.1 Å². The highest BCUT2D eigenvalue weighted by Crippen LogP contribution is 2.23. The lowest BCUT2D eigenvalue weighted by atomic mass is 10.1. The number of nitrogens with one attached hydrogen (secondary N) is 1. The summed E-state index contributed by atoms with van der Waals surface area (Å²) in [5, 5.41) is 12.4. The molecule has 0 atom stereocenters. The molecule has 1 heterocycles. The van der Waals surface area contributed by atoms with Crippen molar-refractivity contribution < 1.29 is 19.4 Å². The molecule has 104 valence electrons. The van der Waals surface area contributed by atoms with Crippen LogP contribution in [0.4, 0.5) is 0 Å². The molecule has 0 spiro atoms. The molecule has 0 aliphatic carbocycles. The number of ether oxygens (including phenoxy) is 2. The lowest BCUT2D eigenvalue weighted by Gasteiger charge is -2.23. The molecule has 0 unspecified atom stereocenters. The van der Waals surface area contributed by atoms with E-state index in [1.807, 2.05) is 0 Å². The third-order valence-electron chi connectivity index (χ3n) is 3.20. The molecular formula is C14H19NO4. The molecule has 5 nitrogen and oxygen atoms in total. The van der Waals surface area contributed by atoms with Crippen LogP contribution in [0.25, 0.3) is 0 Å². The van der Waals surface area contributed by atoms with Crippen LogP contribution in [0.15, 0.2) is 18.2 Å². The highest BCUT2D eigenvalue weighted by atomic mass is 16.5. The Labute approximate surface area is 112 Å². The van der Waals surface area contributed by atoms with Crippen molar-refractivity contribution in [3.05, 3.63) is 23.8 Å². The van der Waals surface area contributed by atoms with Gasteiger partial charge in [-0.15, -0.1) is 0 Å². The van der Waals surface area contributed by atoms with E-state index in [0.29, 0.717) is 24.5 Å². The highest BCUT2D eigenvalue weighted by molar-refractivity contribution is 5.79. The van der Waals surface area contributed by atoms with E-state index < -0.39 is 0 Å². The minimum absolute atomic E-state index is 0.0594. The van der Waals surface area contributed by atoms with Crippen LogP contribution in [-0.4, -0.2) is 37.4 Å². The second kappa shape index (κ2) is 6.43. The fourth-order valence-electron chi connectivity index (χ4n) is 2.20. The van der Waals surface area contributed by atoms with Gasteiger partial charge in [0.25, 0.3) is 0 Å². The zero-order chi connectivity index (χ0) is 13.7. The molecule has 2 N–H and O–H groups in total. The van der Waals surface area contributed by atoms with E-state index >= 15 is 0 Å². The van der Waals surface area contributed by atoms with E-state index in [9.17, 15) is 9.90 Å². The average molecular weight is 265 g/mol. The first kappa shape index (κ1) is 13.7. The first-order chi connectivity index (χ1) is 9.19. The van der Waals surface area contributed by atoms with E-state index in [4.69, 9.17) is 9.47 Å². The van der Waals surface area contributed by atoms with Crippen molar-refractivity contribution in [2.75, 3.05) is 20.3 Å². The Morgan fingerprint density at radius 1 is 1.47 bits per heavy atom. The largest absolute Gasteiger partial charge is 0.508 e. The van der Waals surface area contributed by atoms with Crippen molar-refractivity contribution in [3.63, 3.8) is 0 Å². The third-order valence-corrected chi connectivity index (χ3v) is 3.20. The van der Waals surface area contributed by atoms with E-state index in [1.54, 1.807) is 25.3 Å². The van der Waals surface area contributed by atoms with E-state index in [1.165, 1.54) is 0 Å². The quantitative estimate of drug-likeness (QED) is 0.859. The summed E-state index contributed by atoms with van der Waals surface area (Å²) >= 11 is 0. The predicted octanol–water partition coefficient (Wildman–Crippen LogP) is 1.24. The van der Waals surface area contributed by atoms with Gasteiger partial charge in [-0.05, 0) is 31.0 Å². The maximum Gasteiger partial charge on any atom is 0.224 e. The normalized spacial score (nSPS) is 16.1. The Kier molecular flexibility index (Phi) is 4.63. The molecule has 5 heteroatoms. The number of phenolic OH excluding ortho intramolecular Hbond substituents is 1. The standard InChI is InChI=1S/C14H19NO4/c1-18-13-3-2-12(16)8-10(13)9-14(17)15-11-4-6-19-7-5-11/h2-3,8,11,16H,4-7,9H2,1H3,(H,15,17). The SMILES string of the molecule is COc1ccc(O)cc1CC(=O)NC1CCOCC1. The molecule has 2 rings (SSSR count). The van der Waals surface area contributed by atoms with Crippen LogP contribution in [0, 0.1) is 0 Å². The topological polar surface area (TPSA) is 67.8 Å². The molecule has 0 aromatic heterocycles. The Morgan fingerprint density at radius 3 is 2.89 bits per heavy atom. The molecule has 1 amide bonds. The summed E-state index contributed by atoms with van der Waals surface area (Å²) in [5.74, 6) is 0.686. The zero-order valence-electron chi connectivity index (χ0n) is 11.0. The number of carbonyl (C=O) groups excluding carboxylic acids is 1. The summed E-state index contributed by atoms with van der Waals surface area (Å²) in [6.45, 7) is 1.39. The van der Waals surface area contributed by atoms with Crippen LogP contribution in [0.5, 0.6) is 11.5 Å². The van der Waals surface area contributed by atoms with Gasteiger partial charge in [0.2, 0.25) is 5.91 Å². The second-order valence-corrected chi connectivity index (χ2v) is 4.63. The fraction of sp³-hybridized carbons (Fsp3) is 0.500. The van der Waals surface area contributed by atoms with Crippen molar-refractivity contribution in [3.8, 4) is 11.5 Å². The van der Waals surface area contributed by atoms with Gasteiger partial charge >= 0.3 is 0 Å². The van der Waals surface area contributed by atoms with E-state index in [-0.39, 0.29) is 24.1 Å². The summed E-state index contributed by atoms with van der Waals surface area (Å²) in [6.07, 6.45) is 1.90. The molecule has 1 aliphatic heterocycles. The van der Waals surface area contributed by atoms with Crippen molar-refractivity contribution in [1.29, 1.82) is 0 Å². The predicted molar refractivity (Wildman–Crippen MR) is 70.3 cm³/mol. The number of rotatable bonds is 4. The number of aromatic hydroxyl groups is 1. The summed E-state index contributed by atoms with van der Waals surface area (Å²) in [5.41, 5.74) is 0.687. The molecule has 0 saturated carbocycles. The van der Waals surface area contributed by atoms with E-state index in [2.05, 4.69) is 5.32 Å². The van der Waals surface area contributed by atoms with Gasteiger partial charge in [-0.1, -0.05) is 0 Å². The van der Waals surface area contributed by atoms with Gasteiger partial charge in [-0.3, -0.25) is 4.79 Å². The van der Waals surface area contributed by atoms with Gasteiger partial charge in [0.15, 0.2) is 0 Å². The maximum absolute atomic E-state index is 12.0. The lowest BCUT2D eigenvalue weighted by Crippen LogP contribution is -2.39. The first-order valence-corrected chi connectivity index (χ1v) is 6.42. The zero-order valence-corrected chi connectivity index (χ0v) is 11.0. The molecule has 1 saturated heterocycles. The van der Waals surface area contributed by atoms with Crippen molar-refractivity contribution in [2.24, 2.45) is 0 Å². The molecule has 1 aliphatic rings. The van der Waals surface area contributed by atoms with E-state index in [0.717, 1.165) is 12.8 Å². The summed E-state index contributed by atoms with van der Waals surface area (Å²) in [6, 6.07) is 4.94. The summed E-state index contributed by atoms with van der Waals surface area (Å²) in [4.78, 5) is 12.0. The van der Waals surface area contributed by atoms with Crippen LogP contribution in [-0.2, 0) is 16.0 Å². The van der Waals surface area contributed by atoms with Crippen LogP contribution >= 0.6 is 0 Å². The number of benzene rings is 1. The number of carbonyl (C=O) groups is 1. The Balaban J connectivity index is 1.95. The van der Waals surface area contributed by atoms with Gasteiger partial charge in [-0.25, -0.2) is 0 Å². The van der Waals surface area contributed by atoms with Crippen LogP contribution in [0.2, 0.25) is 0 Å². The smallest absolute Gasteiger partial charge is 0.224 e. The molecular weight excluding hydrogens is 246 g/mol. The minimum Gasteiger partial charge on any atom is -0.508 e. The van der Waals surface area contributed by atoms with Gasteiger partial charge < -0.3 is 19.9 Å². The lowest BCUT2D eigenvalue weighted by molar-refractivity contribution is -0.121. The number of hydrogen-bond acceptors (Lipinski definition) is 4. The molecule has 1 fully saturated rings. The average Bonchev–Trinajstić information content (AvgIpc) is 2.40. The second-order valence-electron chi connectivity index (χ2n) is 4.63. The number of methoxy groups -OCH3 is 1. The van der Waals surface area contributed by atoms with Crippen LogP contribution in [0.1, 0.15) is 18.4 Å². The first-order valence-electron chi connectivity index (χ1n) is 6.42. The minimum atomic E-state index is -0.0594. The molecule has 19 heavy (non-hydrogen) atoms. The Morgan fingerprint density at radius 2 is 2.21 bits per heavy atom. The summed E-state index contributed by atoms with van der Waals surface area (Å²) in [7, 11) is 1.55. The maximum atomic E-state index is 12.0. The monoisotopic (exact) mass is 265 g/mol. The molecule has 0 bridgehead atoms. The third kappa shape index (κ3) is 3.86.